The molecule has 0 spiro atoms. The lowest BCUT2D eigenvalue weighted by molar-refractivity contribution is 0.0650. The van der Waals surface area contributed by atoms with Gasteiger partial charge in [-0.05, 0) is 43.4 Å². The highest BCUT2D eigenvalue weighted by atomic mass is 32.1. The molecule has 2 aromatic rings. The third-order valence-corrected chi connectivity index (χ3v) is 6.19. The van der Waals surface area contributed by atoms with E-state index in [0.29, 0.717) is 19.7 Å². The van der Waals surface area contributed by atoms with Crippen LogP contribution in [0.2, 0.25) is 0 Å². The van der Waals surface area contributed by atoms with Crippen LogP contribution in [0.3, 0.4) is 0 Å². The molecule has 0 radical (unpaired) electrons. The molecule has 0 saturated carbocycles. The third kappa shape index (κ3) is 7.63. The Morgan fingerprint density at radius 2 is 1.90 bits per heavy atom. The number of aliphatic hydroxyl groups excluding tert-OH is 1. The number of nitrogens with zero attached hydrogens (tertiary/aromatic N) is 1. The number of ether oxygens (including phenoxy) is 2. The Balaban J connectivity index is 1.51. The number of thiophene rings is 1. The molecule has 0 bridgehead atoms. The van der Waals surface area contributed by atoms with Crippen molar-refractivity contribution in [3.63, 3.8) is 0 Å². The highest BCUT2D eigenvalue weighted by molar-refractivity contribution is 7.09. The van der Waals surface area contributed by atoms with E-state index in [4.69, 9.17) is 9.47 Å². The first-order valence-electron chi connectivity index (χ1n) is 10.7. The van der Waals surface area contributed by atoms with Gasteiger partial charge in [0.15, 0.2) is 0 Å². The van der Waals surface area contributed by atoms with E-state index in [0.717, 1.165) is 36.7 Å². The standard InChI is InChI=1S/C23H34N2O3S/c1-27-21-10-9-19(15-24-16-22-8-7-13-29-22)23(14-21)28-18-20(26)17-25-11-5-3-2-4-6-12-25/h7-10,13-14,20,24,26H,2-6,11-12,15-18H2,1H3. The first-order chi connectivity index (χ1) is 14.2. The van der Waals surface area contributed by atoms with Gasteiger partial charge in [0.1, 0.15) is 24.2 Å². The van der Waals surface area contributed by atoms with Gasteiger partial charge in [-0.15, -0.1) is 11.3 Å². The quantitative estimate of drug-likeness (QED) is 0.610. The van der Waals surface area contributed by atoms with E-state index in [2.05, 4.69) is 27.7 Å². The summed E-state index contributed by atoms with van der Waals surface area (Å²) >= 11 is 1.75. The maximum absolute atomic E-state index is 10.5. The first-order valence-corrected chi connectivity index (χ1v) is 11.6. The van der Waals surface area contributed by atoms with Crippen molar-refractivity contribution in [2.24, 2.45) is 0 Å². The second-order valence-electron chi connectivity index (χ2n) is 7.69. The Hall–Kier alpha value is -1.60. The summed E-state index contributed by atoms with van der Waals surface area (Å²) in [4.78, 5) is 3.69. The lowest BCUT2D eigenvalue weighted by atomic mass is 10.1. The van der Waals surface area contributed by atoms with E-state index in [-0.39, 0.29) is 0 Å². The van der Waals surface area contributed by atoms with E-state index < -0.39 is 6.10 Å². The molecule has 1 aliphatic rings. The summed E-state index contributed by atoms with van der Waals surface area (Å²) in [5.74, 6) is 1.54. The molecule has 0 aliphatic carbocycles. The van der Waals surface area contributed by atoms with Crippen LogP contribution in [-0.2, 0) is 13.1 Å². The fraction of sp³-hybridized carbons (Fsp3) is 0.565. The van der Waals surface area contributed by atoms with Gasteiger partial charge in [0.05, 0.1) is 7.11 Å². The van der Waals surface area contributed by atoms with Crippen LogP contribution in [0.5, 0.6) is 11.5 Å². The number of nitrogens with one attached hydrogen (secondary N) is 1. The number of methoxy groups -OCH3 is 1. The summed E-state index contributed by atoms with van der Waals surface area (Å²) in [6, 6.07) is 10.1. The molecule has 5 nitrogen and oxygen atoms in total. The van der Waals surface area contributed by atoms with Crippen LogP contribution in [0.25, 0.3) is 0 Å². The van der Waals surface area contributed by atoms with Crippen molar-refractivity contribution in [1.82, 2.24) is 10.2 Å². The smallest absolute Gasteiger partial charge is 0.127 e. The van der Waals surface area contributed by atoms with Crippen molar-refractivity contribution in [3.05, 3.63) is 46.2 Å². The average molecular weight is 419 g/mol. The molecule has 1 aliphatic heterocycles. The minimum atomic E-state index is -0.493. The molecular formula is C23H34N2O3S. The van der Waals surface area contributed by atoms with Crippen molar-refractivity contribution >= 4 is 11.3 Å². The molecule has 1 aromatic carbocycles. The van der Waals surface area contributed by atoms with Crippen LogP contribution in [0, 0.1) is 0 Å². The molecule has 2 heterocycles. The Labute approximate surface area is 178 Å². The van der Waals surface area contributed by atoms with Crippen LogP contribution < -0.4 is 14.8 Å². The molecule has 1 unspecified atom stereocenters. The molecule has 0 amide bonds. The van der Waals surface area contributed by atoms with Gasteiger partial charge in [0, 0.05) is 36.1 Å². The Bertz CT molecular complexity index is 700. The van der Waals surface area contributed by atoms with Crippen molar-refractivity contribution in [1.29, 1.82) is 0 Å². The molecule has 3 rings (SSSR count). The second kappa shape index (κ2) is 12.2. The number of aliphatic hydroxyl groups is 1. The maximum Gasteiger partial charge on any atom is 0.127 e. The molecule has 160 valence electrons. The zero-order chi connectivity index (χ0) is 20.3. The Kier molecular flexibility index (Phi) is 9.28. The van der Waals surface area contributed by atoms with Gasteiger partial charge in [-0.2, -0.15) is 0 Å². The number of likely N-dealkylation sites (tertiary alicyclic amines) is 1. The second-order valence-corrected chi connectivity index (χ2v) is 8.72. The lowest BCUT2D eigenvalue weighted by Gasteiger charge is -2.27. The van der Waals surface area contributed by atoms with Crippen molar-refractivity contribution in [2.45, 2.75) is 51.3 Å². The number of hydrogen-bond donors (Lipinski definition) is 2. The van der Waals surface area contributed by atoms with Gasteiger partial charge in [0.25, 0.3) is 0 Å². The zero-order valence-electron chi connectivity index (χ0n) is 17.4. The first kappa shape index (κ1) is 22.1. The van der Waals surface area contributed by atoms with Gasteiger partial charge in [-0.1, -0.05) is 31.4 Å². The van der Waals surface area contributed by atoms with Gasteiger partial charge < -0.3 is 24.8 Å². The molecule has 6 heteroatoms. The average Bonchev–Trinajstić information content (AvgIpc) is 3.22. The summed E-state index contributed by atoms with van der Waals surface area (Å²) in [7, 11) is 1.66. The summed E-state index contributed by atoms with van der Waals surface area (Å²) in [5.41, 5.74) is 1.07. The van der Waals surface area contributed by atoms with Crippen molar-refractivity contribution in [2.75, 3.05) is 33.4 Å². The van der Waals surface area contributed by atoms with Gasteiger partial charge >= 0.3 is 0 Å². The van der Waals surface area contributed by atoms with Crippen LogP contribution in [0.4, 0.5) is 0 Å². The predicted molar refractivity (Wildman–Crippen MR) is 119 cm³/mol. The van der Waals surface area contributed by atoms with Crippen LogP contribution in [0.15, 0.2) is 35.7 Å². The normalized spacial score (nSPS) is 16.8. The van der Waals surface area contributed by atoms with Gasteiger partial charge in [-0.25, -0.2) is 0 Å². The molecule has 1 saturated heterocycles. The topological polar surface area (TPSA) is 54.0 Å². The van der Waals surface area contributed by atoms with E-state index in [1.807, 2.05) is 18.2 Å². The number of rotatable bonds is 10. The van der Waals surface area contributed by atoms with Crippen LogP contribution in [-0.4, -0.2) is 49.5 Å². The van der Waals surface area contributed by atoms with Gasteiger partial charge in [-0.3, -0.25) is 0 Å². The van der Waals surface area contributed by atoms with E-state index in [1.165, 1.54) is 37.0 Å². The lowest BCUT2D eigenvalue weighted by Crippen LogP contribution is -2.37. The molecule has 29 heavy (non-hydrogen) atoms. The minimum absolute atomic E-state index is 0.293. The molecule has 1 aromatic heterocycles. The Morgan fingerprint density at radius 1 is 1.10 bits per heavy atom. The number of β-amino-alcohol motifs (C(OH)–C–C–N with tert-alkyl or cyclic N) is 1. The summed E-state index contributed by atoms with van der Waals surface area (Å²) < 4.78 is 11.4. The molecule has 1 atom stereocenters. The van der Waals surface area contributed by atoms with E-state index in [9.17, 15) is 5.11 Å². The summed E-state index contributed by atoms with van der Waals surface area (Å²) in [6.07, 6.45) is 5.90. The monoisotopic (exact) mass is 418 g/mol. The van der Waals surface area contributed by atoms with Crippen molar-refractivity contribution < 1.29 is 14.6 Å². The summed E-state index contributed by atoms with van der Waals surface area (Å²) in [5, 5.41) is 16.1. The van der Waals surface area contributed by atoms with Crippen LogP contribution >= 0.6 is 11.3 Å². The predicted octanol–water partition coefficient (Wildman–Crippen LogP) is 4.05. The van der Waals surface area contributed by atoms with E-state index in [1.54, 1.807) is 18.4 Å². The number of benzene rings is 1. The highest BCUT2D eigenvalue weighted by Crippen LogP contribution is 2.25. The fourth-order valence-corrected chi connectivity index (χ4v) is 4.38. The fourth-order valence-electron chi connectivity index (χ4n) is 3.71. The number of hydrogen-bond acceptors (Lipinski definition) is 6. The van der Waals surface area contributed by atoms with Crippen molar-refractivity contribution in [3.8, 4) is 11.5 Å². The van der Waals surface area contributed by atoms with Crippen LogP contribution in [0.1, 0.15) is 42.5 Å². The van der Waals surface area contributed by atoms with E-state index >= 15 is 0 Å². The minimum Gasteiger partial charge on any atom is -0.497 e. The highest BCUT2D eigenvalue weighted by Gasteiger charge is 2.15. The zero-order valence-corrected chi connectivity index (χ0v) is 18.3. The SMILES string of the molecule is COc1ccc(CNCc2cccs2)c(OCC(O)CN2CCCCCCC2)c1. The molecule has 1 fully saturated rings. The summed E-state index contributed by atoms with van der Waals surface area (Å²) in [6.45, 7) is 4.67. The van der Waals surface area contributed by atoms with Gasteiger partial charge in [0.2, 0.25) is 0 Å². The molecule has 2 N–H and O–H groups in total. The maximum atomic E-state index is 10.5. The molecular weight excluding hydrogens is 384 g/mol. The Morgan fingerprint density at radius 3 is 2.62 bits per heavy atom. The third-order valence-electron chi connectivity index (χ3n) is 5.32. The largest absolute Gasteiger partial charge is 0.497 e.